The summed E-state index contributed by atoms with van der Waals surface area (Å²) in [6.07, 6.45) is -0.726. The van der Waals surface area contributed by atoms with Gasteiger partial charge in [-0.1, -0.05) is 0 Å². The summed E-state index contributed by atoms with van der Waals surface area (Å²) in [4.78, 5) is 22.4. The van der Waals surface area contributed by atoms with Crippen LogP contribution in [-0.4, -0.2) is 40.6 Å². The zero-order valence-corrected chi connectivity index (χ0v) is 9.69. The third-order valence-corrected chi connectivity index (χ3v) is 1.92. The van der Waals surface area contributed by atoms with E-state index in [-0.39, 0.29) is 35.5 Å². The van der Waals surface area contributed by atoms with Crippen LogP contribution in [0.25, 0.3) is 0 Å². The Morgan fingerprint density at radius 2 is 2.23 bits per heavy atom. The van der Waals surface area contributed by atoms with E-state index in [0.29, 0.717) is 13.0 Å². The van der Waals surface area contributed by atoms with Crippen LogP contribution >= 0.6 is 0 Å². The molecule has 0 aromatic carbocycles. The molecule has 6 heteroatoms. The number of carbonyl (C=O) groups is 2. The molecular formula is C7H10NNaO4. The first-order valence-corrected chi connectivity index (χ1v) is 3.72. The smallest absolute Gasteiger partial charge is 0.548 e. The van der Waals surface area contributed by atoms with Crippen LogP contribution in [0.4, 0.5) is 0 Å². The van der Waals surface area contributed by atoms with Crippen LogP contribution < -0.4 is 34.7 Å². The van der Waals surface area contributed by atoms with Crippen LogP contribution in [0.5, 0.6) is 0 Å². The Bertz CT molecular complexity index is 219. The molecule has 68 valence electrons. The van der Waals surface area contributed by atoms with E-state index >= 15 is 0 Å². The topological polar surface area (TPSA) is 80.7 Å². The molecule has 1 saturated heterocycles. The largest absolute Gasteiger partial charge is 1.00 e. The molecule has 13 heavy (non-hydrogen) atoms. The zero-order chi connectivity index (χ0) is 9.30. The van der Waals surface area contributed by atoms with Crippen molar-refractivity contribution >= 4 is 11.9 Å². The summed E-state index contributed by atoms with van der Waals surface area (Å²) in [6, 6.07) is -1.19. The molecule has 0 aromatic heterocycles. The number of carboxylic acid groups (broad SMARTS) is 1. The fourth-order valence-electron chi connectivity index (χ4n) is 1.21. The van der Waals surface area contributed by atoms with Gasteiger partial charge in [0, 0.05) is 13.0 Å². The van der Waals surface area contributed by atoms with Gasteiger partial charge in [-0.05, 0) is 6.92 Å². The molecule has 1 heterocycles. The third-order valence-electron chi connectivity index (χ3n) is 1.92. The summed E-state index contributed by atoms with van der Waals surface area (Å²) in [5.74, 6) is -1.65. The van der Waals surface area contributed by atoms with E-state index in [9.17, 15) is 14.7 Å². The van der Waals surface area contributed by atoms with Crippen molar-refractivity contribution in [2.45, 2.75) is 25.5 Å². The molecule has 1 amide bonds. The van der Waals surface area contributed by atoms with Crippen molar-refractivity contribution in [2.24, 2.45) is 0 Å². The van der Waals surface area contributed by atoms with Gasteiger partial charge in [0.2, 0.25) is 5.91 Å². The number of rotatable bonds is 3. The second-order valence-corrected chi connectivity index (χ2v) is 2.84. The number of aliphatic hydroxyl groups excluding tert-OH is 1. The number of aliphatic carboxylic acids is 1. The number of aliphatic hydroxyl groups is 1. The number of nitrogens with zero attached hydrogens (tertiary/aromatic N) is 1. The van der Waals surface area contributed by atoms with E-state index in [1.807, 2.05) is 0 Å². The molecule has 1 rings (SSSR count). The molecule has 0 bridgehead atoms. The molecule has 0 spiro atoms. The maximum Gasteiger partial charge on any atom is 1.00 e. The van der Waals surface area contributed by atoms with E-state index in [0.717, 1.165) is 4.90 Å². The zero-order valence-electron chi connectivity index (χ0n) is 7.69. The number of carbonyl (C=O) groups excluding carboxylic acids is 2. The summed E-state index contributed by atoms with van der Waals surface area (Å²) < 4.78 is 0. The molecule has 2 atom stereocenters. The summed E-state index contributed by atoms with van der Waals surface area (Å²) in [6.45, 7) is 1.72. The minimum Gasteiger partial charge on any atom is -0.548 e. The van der Waals surface area contributed by atoms with Gasteiger partial charge in [-0.2, -0.15) is 0 Å². The van der Waals surface area contributed by atoms with Crippen LogP contribution in [0, 0.1) is 0 Å². The first-order chi connectivity index (χ1) is 5.54. The van der Waals surface area contributed by atoms with Crippen molar-refractivity contribution in [1.29, 1.82) is 0 Å². The van der Waals surface area contributed by atoms with Gasteiger partial charge in [-0.15, -0.1) is 0 Å². The van der Waals surface area contributed by atoms with Crippen molar-refractivity contribution in [3.05, 3.63) is 0 Å². The summed E-state index contributed by atoms with van der Waals surface area (Å²) in [7, 11) is 0. The van der Waals surface area contributed by atoms with Crippen LogP contribution in [0.15, 0.2) is 0 Å². The van der Waals surface area contributed by atoms with Crippen molar-refractivity contribution in [2.75, 3.05) is 6.54 Å². The molecule has 5 nitrogen and oxygen atoms in total. The van der Waals surface area contributed by atoms with E-state index in [1.54, 1.807) is 0 Å². The molecule has 0 aliphatic carbocycles. The molecule has 0 aromatic rings. The molecular weight excluding hydrogens is 185 g/mol. The number of likely N-dealkylation sites (tertiary alicyclic amines) is 1. The average Bonchev–Trinajstić information content (AvgIpc) is 1.95. The van der Waals surface area contributed by atoms with Gasteiger partial charge in [-0.25, -0.2) is 0 Å². The van der Waals surface area contributed by atoms with Crippen LogP contribution in [0.3, 0.4) is 0 Å². The SMILES string of the molecule is C[C@H](O)[C@H](C(=O)[O-])N1CCC1=O.[Na+]. The van der Waals surface area contributed by atoms with Crippen molar-refractivity contribution in [3.8, 4) is 0 Å². The Kier molecular flexibility index (Phi) is 4.91. The normalized spacial score (nSPS) is 19.8. The quantitative estimate of drug-likeness (QED) is 0.360. The molecule has 1 fully saturated rings. The minimum absolute atomic E-state index is 0. The number of hydrogen-bond donors (Lipinski definition) is 1. The Labute approximate surface area is 98.0 Å². The molecule has 1 aliphatic heterocycles. The second-order valence-electron chi connectivity index (χ2n) is 2.84. The predicted molar refractivity (Wildman–Crippen MR) is 36.8 cm³/mol. The van der Waals surface area contributed by atoms with Crippen molar-refractivity contribution < 1.29 is 49.4 Å². The summed E-state index contributed by atoms with van der Waals surface area (Å²) in [5, 5.41) is 19.5. The van der Waals surface area contributed by atoms with E-state index in [1.165, 1.54) is 6.92 Å². The monoisotopic (exact) mass is 195 g/mol. The molecule has 1 aliphatic rings. The average molecular weight is 195 g/mol. The maximum atomic E-state index is 10.8. The van der Waals surface area contributed by atoms with Crippen LogP contribution in [0.2, 0.25) is 0 Å². The van der Waals surface area contributed by atoms with Gasteiger partial charge in [0.25, 0.3) is 0 Å². The maximum absolute atomic E-state index is 10.8. The predicted octanol–water partition coefficient (Wildman–Crippen LogP) is -5.28. The number of β-lactam (4-membered cyclic amide) rings is 1. The number of carboxylic acids is 1. The Morgan fingerprint density at radius 3 is 2.31 bits per heavy atom. The first-order valence-electron chi connectivity index (χ1n) is 3.72. The van der Waals surface area contributed by atoms with Gasteiger partial charge in [-0.3, -0.25) is 4.79 Å². The molecule has 0 saturated carbocycles. The molecule has 1 N–H and O–H groups in total. The molecule has 0 radical (unpaired) electrons. The first kappa shape index (κ1) is 12.9. The minimum atomic E-state index is -1.40. The van der Waals surface area contributed by atoms with Gasteiger partial charge in [0.1, 0.15) is 0 Å². The van der Waals surface area contributed by atoms with Gasteiger partial charge < -0.3 is 19.9 Å². The Hall–Kier alpha value is -0.100. The third kappa shape index (κ3) is 2.67. The van der Waals surface area contributed by atoms with E-state index in [2.05, 4.69) is 0 Å². The van der Waals surface area contributed by atoms with Gasteiger partial charge in [0.05, 0.1) is 18.1 Å². The Balaban J connectivity index is 0.00000144. The standard InChI is InChI=1S/C7H11NO4.Na/c1-4(9)6(7(11)12)8-3-2-5(8)10;/h4,6,9H,2-3H2,1H3,(H,11,12);/q;+1/p-1/t4-,6+;/m0./s1. The summed E-state index contributed by atoms with van der Waals surface area (Å²) in [5.41, 5.74) is 0. The van der Waals surface area contributed by atoms with Crippen LogP contribution in [0.1, 0.15) is 13.3 Å². The fraction of sp³-hybridized carbons (Fsp3) is 0.714. The van der Waals surface area contributed by atoms with Crippen molar-refractivity contribution in [1.82, 2.24) is 4.90 Å². The fourth-order valence-corrected chi connectivity index (χ4v) is 1.21. The van der Waals surface area contributed by atoms with Gasteiger partial charge in [0.15, 0.2) is 0 Å². The van der Waals surface area contributed by atoms with E-state index < -0.39 is 18.1 Å². The molecule has 0 unspecified atom stereocenters. The Morgan fingerprint density at radius 1 is 1.69 bits per heavy atom. The van der Waals surface area contributed by atoms with Crippen LogP contribution in [-0.2, 0) is 9.59 Å². The summed E-state index contributed by atoms with van der Waals surface area (Å²) >= 11 is 0. The second kappa shape index (κ2) is 4.95. The number of amides is 1. The van der Waals surface area contributed by atoms with Crippen molar-refractivity contribution in [3.63, 3.8) is 0 Å². The number of hydrogen-bond acceptors (Lipinski definition) is 4. The van der Waals surface area contributed by atoms with Gasteiger partial charge >= 0.3 is 29.6 Å². The van der Waals surface area contributed by atoms with E-state index in [4.69, 9.17) is 5.11 Å².